The number of ether oxygens (including phenoxy) is 3. The molecule has 1 heterocycles. The van der Waals surface area contributed by atoms with Gasteiger partial charge in [-0.1, -0.05) is 48.0 Å². The highest BCUT2D eigenvalue weighted by Gasteiger charge is 2.39. The van der Waals surface area contributed by atoms with E-state index in [1.165, 1.54) is 26.2 Å². The van der Waals surface area contributed by atoms with Gasteiger partial charge in [-0.05, 0) is 59.7 Å². The second-order valence-corrected chi connectivity index (χ2v) is 10.6. The molecule has 0 aromatic heterocycles. The molecule has 1 aliphatic rings. The molecule has 0 radical (unpaired) electrons. The number of carbonyl (C=O) groups is 4. The lowest BCUT2D eigenvalue weighted by atomic mass is 10.0. The molecule has 0 aliphatic carbocycles. The zero-order valence-electron chi connectivity index (χ0n) is 24.8. The van der Waals surface area contributed by atoms with Gasteiger partial charge < -0.3 is 24.4 Å². The molecule has 1 unspecified atom stereocenters. The fourth-order valence-corrected chi connectivity index (χ4v) is 5.23. The number of fused-ring (bicyclic) bond motifs is 1. The fourth-order valence-electron chi connectivity index (χ4n) is 5.10. The van der Waals surface area contributed by atoms with Crippen molar-refractivity contribution in [3.63, 3.8) is 0 Å². The molecule has 45 heavy (non-hydrogen) atoms. The number of para-hydroxylation sites is 1. The highest BCUT2D eigenvalue weighted by Crippen LogP contribution is 2.34. The van der Waals surface area contributed by atoms with Crippen LogP contribution in [0.5, 0.6) is 17.2 Å². The van der Waals surface area contributed by atoms with Gasteiger partial charge in [0, 0.05) is 17.6 Å². The summed E-state index contributed by atoms with van der Waals surface area (Å²) in [6.45, 7) is -0.488. The van der Waals surface area contributed by atoms with Crippen molar-refractivity contribution in [3.05, 3.63) is 113 Å². The van der Waals surface area contributed by atoms with Gasteiger partial charge in [-0.3, -0.25) is 24.1 Å². The zero-order valence-corrected chi connectivity index (χ0v) is 25.5. The van der Waals surface area contributed by atoms with E-state index in [-0.39, 0.29) is 12.1 Å². The average Bonchev–Trinajstić information content (AvgIpc) is 3.30. The van der Waals surface area contributed by atoms with Crippen LogP contribution in [0.2, 0.25) is 5.02 Å². The van der Waals surface area contributed by atoms with Gasteiger partial charge in [0.25, 0.3) is 17.6 Å². The number of amides is 3. The largest absolute Gasteiger partial charge is 0.497 e. The molecule has 1 N–H and O–H groups in total. The molecule has 0 spiro atoms. The number of methoxy groups -OCH3 is 3. The molecule has 230 valence electrons. The number of anilines is 2. The number of ketones is 1. The summed E-state index contributed by atoms with van der Waals surface area (Å²) in [5.41, 5.74) is 2.07. The van der Waals surface area contributed by atoms with Crippen LogP contribution >= 0.6 is 11.6 Å². The predicted molar refractivity (Wildman–Crippen MR) is 169 cm³/mol. The first-order valence-corrected chi connectivity index (χ1v) is 14.3. The highest BCUT2D eigenvalue weighted by molar-refractivity contribution is 6.52. The third-order valence-corrected chi connectivity index (χ3v) is 7.67. The van der Waals surface area contributed by atoms with Gasteiger partial charge in [-0.15, -0.1) is 0 Å². The van der Waals surface area contributed by atoms with Crippen molar-refractivity contribution in [1.29, 1.82) is 0 Å². The molecule has 4 aromatic carbocycles. The first kappa shape index (κ1) is 31.1. The van der Waals surface area contributed by atoms with Crippen molar-refractivity contribution in [2.24, 2.45) is 0 Å². The number of Topliss-reactive ketones (excluding diaryl/α,β-unsaturated/α-hetero) is 1. The van der Waals surface area contributed by atoms with Crippen LogP contribution in [0, 0.1) is 0 Å². The minimum Gasteiger partial charge on any atom is -0.497 e. The van der Waals surface area contributed by atoms with Crippen molar-refractivity contribution >= 4 is 46.5 Å². The standard InChI is InChI=1S/C34H30ClN3O7/c1-43-24-14-10-22(11-15-24)31(33(41)36-27-17-16-25(44-2)18-29(27)45-3)38(19-21-8-12-23(35)13-9-21)30(39)20-37-28-7-5-4-6-26(28)32(40)34(37)42/h4-18,31H,19-20H2,1-3H3,(H,36,41). The van der Waals surface area contributed by atoms with Crippen molar-refractivity contribution < 1.29 is 33.4 Å². The van der Waals surface area contributed by atoms with Gasteiger partial charge in [0.2, 0.25) is 5.91 Å². The number of carbonyl (C=O) groups excluding carboxylic acids is 4. The third-order valence-electron chi connectivity index (χ3n) is 7.42. The Kier molecular flexibility index (Phi) is 9.34. The van der Waals surface area contributed by atoms with Gasteiger partial charge >= 0.3 is 0 Å². The topological polar surface area (TPSA) is 114 Å². The van der Waals surface area contributed by atoms with E-state index in [0.29, 0.717) is 44.8 Å². The van der Waals surface area contributed by atoms with Crippen LogP contribution < -0.4 is 24.4 Å². The van der Waals surface area contributed by atoms with E-state index in [9.17, 15) is 19.2 Å². The number of nitrogens with zero attached hydrogens (tertiary/aromatic N) is 2. The molecule has 1 atom stereocenters. The first-order valence-electron chi connectivity index (χ1n) is 13.9. The van der Waals surface area contributed by atoms with Crippen molar-refractivity contribution in [2.45, 2.75) is 12.6 Å². The lowest BCUT2D eigenvalue weighted by Gasteiger charge is -2.33. The van der Waals surface area contributed by atoms with Crippen LogP contribution in [-0.4, -0.2) is 56.3 Å². The summed E-state index contributed by atoms with van der Waals surface area (Å²) in [6, 6.07) is 23.9. The van der Waals surface area contributed by atoms with E-state index < -0.39 is 36.1 Å². The van der Waals surface area contributed by atoms with Gasteiger partial charge in [-0.25, -0.2) is 0 Å². The van der Waals surface area contributed by atoms with Crippen LogP contribution in [-0.2, 0) is 20.9 Å². The summed E-state index contributed by atoms with van der Waals surface area (Å²) < 4.78 is 16.1. The van der Waals surface area contributed by atoms with Crippen LogP contribution in [0.1, 0.15) is 27.5 Å². The Balaban J connectivity index is 1.57. The smallest absolute Gasteiger partial charge is 0.299 e. The maximum Gasteiger partial charge on any atom is 0.299 e. The van der Waals surface area contributed by atoms with Crippen molar-refractivity contribution in [2.75, 3.05) is 38.1 Å². The van der Waals surface area contributed by atoms with E-state index >= 15 is 0 Å². The molecule has 3 amide bonds. The van der Waals surface area contributed by atoms with Crippen molar-refractivity contribution in [3.8, 4) is 17.2 Å². The zero-order chi connectivity index (χ0) is 32.1. The number of rotatable bonds is 11. The molecular weight excluding hydrogens is 598 g/mol. The maximum atomic E-state index is 14.3. The highest BCUT2D eigenvalue weighted by atomic mass is 35.5. The van der Waals surface area contributed by atoms with E-state index in [4.69, 9.17) is 25.8 Å². The fraction of sp³-hybridized carbons (Fsp3) is 0.176. The Morgan fingerprint density at radius 3 is 2.18 bits per heavy atom. The van der Waals surface area contributed by atoms with Crippen LogP contribution in [0.15, 0.2) is 91.0 Å². The Morgan fingerprint density at radius 1 is 0.844 bits per heavy atom. The Morgan fingerprint density at radius 2 is 1.51 bits per heavy atom. The molecule has 11 heteroatoms. The number of halogens is 1. The molecule has 5 rings (SSSR count). The van der Waals surface area contributed by atoms with E-state index in [0.717, 1.165) is 4.90 Å². The monoisotopic (exact) mass is 627 g/mol. The number of benzene rings is 4. The molecule has 1 aliphatic heterocycles. The number of nitrogens with one attached hydrogen (secondary N) is 1. The lowest BCUT2D eigenvalue weighted by Crippen LogP contribution is -2.46. The molecule has 0 saturated heterocycles. The normalized spacial score (nSPS) is 12.8. The lowest BCUT2D eigenvalue weighted by molar-refractivity contribution is -0.139. The molecule has 0 bridgehead atoms. The summed E-state index contributed by atoms with van der Waals surface area (Å²) >= 11 is 6.13. The first-order chi connectivity index (χ1) is 21.7. The third kappa shape index (κ3) is 6.61. The summed E-state index contributed by atoms with van der Waals surface area (Å²) in [5, 5.41) is 3.40. The summed E-state index contributed by atoms with van der Waals surface area (Å²) in [7, 11) is 4.51. The Labute approximate surface area is 265 Å². The number of hydrogen-bond acceptors (Lipinski definition) is 7. The van der Waals surface area contributed by atoms with Crippen molar-refractivity contribution in [1.82, 2.24) is 4.90 Å². The second-order valence-electron chi connectivity index (χ2n) is 10.1. The molecule has 0 fully saturated rings. The van der Waals surface area contributed by atoms with Gasteiger partial charge in [0.05, 0.1) is 38.3 Å². The molecule has 10 nitrogen and oxygen atoms in total. The van der Waals surface area contributed by atoms with E-state index in [2.05, 4.69) is 5.32 Å². The Hall–Kier alpha value is -5.35. The molecule has 4 aromatic rings. The summed E-state index contributed by atoms with van der Waals surface area (Å²) in [5.74, 6) is -1.19. The molecular formula is C34H30ClN3O7. The predicted octanol–water partition coefficient (Wildman–Crippen LogP) is 5.30. The minimum absolute atomic E-state index is 0.0164. The van der Waals surface area contributed by atoms with Gasteiger partial charge in [-0.2, -0.15) is 0 Å². The second kappa shape index (κ2) is 13.5. The SMILES string of the molecule is COc1ccc(C(C(=O)Nc2ccc(OC)cc2OC)N(Cc2ccc(Cl)cc2)C(=O)CN2C(=O)C(=O)c3ccccc32)cc1. The average molecular weight is 628 g/mol. The quantitative estimate of drug-likeness (QED) is 0.224. The Bertz CT molecular complexity index is 1740. The maximum absolute atomic E-state index is 14.3. The number of hydrogen-bond donors (Lipinski definition) is 1. The van der Waals surface area contributed by atoms with E-state index in [1.807, 2.05) is 0 Å². The van der Waals surface area contributed by atoms with E-state index in [1.54, 1.807) is 91.0 Å². The van der Waals surface area contributed by atoms with Crippen LogP contribution in [0.3, 0.4) is 0 Å². The summed E-state index contributed by atoms with van der Waals surface area (Å²) in [4.78, 5) is 56.7. The van der Waals surface area contributed by atoms with Crippen LogP contribution in [0.25, 0.3) is 0 Å². The minimum atomic E-state index is -1.19. The summed E-state index contributed by atoms with van der Waals surface area (Å²) in [6.07, 6.45) is 0. The van der Waals surface area contributed by atoms with Gasteiger partial charge in [0.15, 0.2) is 0 Å². The van der Waals surface area contributed by atoms with Crippen LogP contribution in [0.4, 0.5) is 11.4 Å². The van der Waals surface area contributed by atoms with Gasteiger partial charge in [0.1, 0.15) is 29.8 Å². The molecule has 0 saturated carbocycles.